The Balaban J connectivity index is 1.77. The molecule has 0 spiro atoms. The largest absolute Gasteiger partial charge is 0.469 e. The number of esters is 1. The van der Waals surface area contributed by atoms with Crippen molar-refractivity contribution in [2.24, 2.45) is 23.7 Å². The maximum absolute atomic E-state index is 12.3. The van der Waals surface area contributed by atoms with Crippen LogP contribution in [0.25, 0.3) is 0 Å². The van der Waals surface area contributed by atoms with Crippen molar-refractivity contribution in [1.82, 2.24) is 5.32 Å². The first kappa shape index (κ1) is 14.6. The maximum atomic E-state index is 12.3. The first-order valence-electron chi connectivity index (χ1n) is 8.08. The van der Waals surface area contributed by atoms with Gasteiger partial charge in [-0.1, -0.05) is 6.92 Å². The van der Waals surface area contributed by atoms with Crippen molar-refractivity contribution in [3.05, 3.63) is 0 Å². The van der Waals surface area contributed by atoms with Crippen LogP contribution in [-0.2, 0) is 9.53 Å². The highest BCUT2D eigenvalue weighted by Crippen LogP contribution is 2.46. The summed E-state index contributed by atoms with van der Waals surface area (Å²) >= 11 is 6.36. The summed E-state index contributed by atoms with van der Waals surface area (Å²) in [7, 11) is 1.53. The number of carbonyl (C=O) groups is 1. The molecule has 0 aromatic heterocycles. The summed E-state index contributed by atoms with van der Waals surface area (Å²) in [5.41, 5.74) is 0. The van der Waals surface area contributed by atoms with Gasteiger partial charge in [0.05, 0.1) is 13.0 Å². The van der Waals surface area contributed by atoms with E-state index in [0.29, 0.717) is 35.2 Å². The summed E-state index contributed by atoms with van der Waals surface area (Å²) in [6, 6.07) is 0.963. The minimum atomic E-state index is -0.00602. The van der Waals surface area contributed by atoms with Gasteiger partial charge in [0.2, 0.25) is 0 Å². The normalized spacial score (nSPS) is 48.0. The molecule has 2 saturated heterocycles. The van der Waals surface area contributed by atoms with E-state index in [1.54, 1.807) is 0 Å². The third-order valence-electron chi connectivity index (χ3n) is 5.91. The Morgan fingerprint density at radius 1 is 1.20 bits per heavy atom. The molecule has 3 aliphatic rings. The van der Waals surface area contributed by atoms with Gasteiger partial charge in [0, 0.05) is 17.5 Å². The second-order valence-electron chi connectivity index (χ2n) is 7.06. The lowest BCUT2D eigenvalue weighted by Gasteiger charge is -2.43. The molecular formula is C16H26ClNO2. The van der Waals surface area contributed by atoms with E-state index in [1.165, 1.54) is 26.4 Å². The number of fused-ring (bicyclic) bond motifs is 2. The smallest absolute Gasteiger partial charge is 0.310 e. The molecule has 2 aliphatic heterocycles. The van der Waals surface area contributed by atoms with E-state index < -0.39 is 0 Å². The highest BCUT2D eigenvalue weighted by atomic mass is 35.5. The topological polar surface area (TPSA) is 38.3 Å². The molecule has 3 rings (SSSR count). The molecule has 2 heterocycles. The number of halogens is 1. The van der Waals surface area contributed by atoms with Crippen molar-refractivity contribution >= 4 is 17.6 Å². The van der Waals surface area contributed by atoms with Crippen LogP contribution in [-0.4, -0.2) is 30.5 Å². The van der Waals surface area contributed by atoms with Gasteiger partial charge in [-0.15, -0.1) is 11.6 Å². The fourth-order valence-corrected chi connectivity index (χ4v) is 5.07. The Morgan fingerprint density at radius 2 is 2.00 bits per heavy atom. The van der Waals surface area contributed by atoms with Crippen molar-refractivity contribution in [1.29, 1.82) is 0 Å². The number of alkyl halides is 1. The molecule has 0 aromatic carbocycles. The predicted molar refractivity (Wildman–Crippen MR) is 79.7 cm³/mol. The van der Waals surface area contributed by atoms with E-state index in [0.717, 1.165) is 19.3 Å². The number of nitrogens with one attached hydrogen (secondary N) is 1. The van der Waals surface area contributed by atoms with Crippen molar-refractivity contribution in [2.75, 3.05) is 7.11 Å². The third kappa shape index (κ3) is 2.59. The van der Waals surface area contributed by atoms with Crippen LogP contribution >= 0.6 is 11.6 Å². The lowest BCUT2D eigenvalue weighted by atomic mass is 9.67. The lowest BCUT2D eigenvalue weighted by molar-refractivity contribution is -0.151. The molecule has 3 fully saturated rings. The molecule has 0 aromatic rings. The SMILES string of the molecule is COC(=O)[C@@H]1C2CC[C@H](C[C@@H]1C1CCC(Cl)C(C)C1)N2. The van der Waals surface area contributed by atoms with E-state index in [-0.39, 0.29) is 11.9 Å². The molecule has 7 atom stereocenters. The minimum Gasteiger partial charge on any atom is -0.469 e. The van der Waals surface area contributed by atoms with Crippen LogP contribution < -0.4 is 5.32 Å². The van der Waals surface area contributed by atoms with Crippen LogP contribution in [0.2, 0.25) is 0 Å². The van der Waals surface area contributed by atoms with Crippen molar-refractivity contribution < 1.29 is 9.53 Å². The number of piperidine rings is 1. The summed E-state index contributed by atoms with van der Waals surface area (Å²) in [6.45, 7) is 2.26. The summed E-state index contributed by atoms with van der Waals surface area (Å²) in [5.74, 6) is 1.76. The highest BCUT2D eigenvalue weighted by Gasteiger charge is 2.49. The Hall–Kier alpha value is -0.280. The van der Waals surface area contributed by atoms with Gasteiger partial charge in [-0.25, -0.2) is 0 Å². The molecule has 114 valence electrons. The Labute approximate surface area is 126 Å². The van der Waals surface area contributed by atoms with Crippen LogP contribution in [0.1, 0.15) is 45.4 Å². The van der Waals surface area contributed by atoms with E-state index in [9.17, 15) is 4.79 Å². The molecule has 0 amide bonds. The zero-order valence-electron chi connectivity index (χ0n) is 12.5. The van der Waals surface area contributed by atoms with E-state index >= 15 is 0 Å². The summed E-state index contributed by atoms with van der Waals surface area (Å²) in [6.07, 6.45) is 6.93. The molecule has 1 N–H and O–H groups in total. The Morgan fingerprint density at radius 3 is 2.70 bits per heavy atom. The van der Waals surface area contributed by atoms with Gasteiger partial charge in [0.25, 0.3) is 0 Å². The second kappa shape index (κ2) is 5.84. The van der Waals surface area contributed by atoms with Gasteiger partial charge in [-0.2, -0.15) is 0 Å². The van der Waals surface area contributed by atoms with Gasteiger partial charge < -0.3 is 10.1 Å². The number of hydrogen-bond donors (Lipinski definition) is 1. The number of carbonyl (C=O) groups excluding carboxylic acids is 1. The van der Waals surface area contributed by atoms with Crippen LogP contribution in [0.4, 0.5) is 0 Å². The Kier molecular flexibility index (Phi) is 4.28. The summed E-state index contributed by atoms with van der Waals surface area (Å²) < 4.78 is 5.10. The standard InChI is InChI=1S/C16H26ClNO2/c1-9-7-10(3-5-13(9)17)12-8-11-4-6-14(18-11)15(12)16(19)20-2/h9-15,18H,3-8H2,1-2H3/t9?,10?,11-,12-,13?,14?,15+/m1/s1. The number of rotatable bonds is 2. The van der Waals surface area contributed by atoms with Gasteiger partial charge in [0.15, 0.2) is 0 Å². The molecule has 2 bridgehead atoms. The van der Waals surface area contributed by atoms with Gasteiger partial charge >= 0.3 is 5.97 Å². The first-order chi connectivity index (χ1) is 9.60. The average molecular weight is 300 g/mol. The molecule has 3 nitrogen and oxygen atoms in total. The second-order valence-corrected chi connectivity index (χ2v) is 7.62. The zero-order chi connectivity index (χ0) is 14.3. The first-order valence-corrected chi connectivity index (χ1v) is 8.51. The quantitative estimate of drug-likeness (QED) is 0.629. The van der Waals surface area contributed by atoms with Gasteiger partial charge in [-0.05, 0) is 56.3 Å². The molecule has 4 unspecified atom stereocenters. The number of hydrogen-bond acceptors (Lipinski definition) is 3. The fraction of sp³-hybridized carbons (Fsp3) is 0.938. The lowest BCUT2D eigenvalue weighted by Crippen LogP contribution is -2.51. The van der Waals surface area contributed by atoms with E-state index in [4.69, 9.17) is 16.3 Å². The van der Waals surface area contributed by atoms with Crippen LogP contribution in [0.3, 0.4) is 0 Å². The minimum absolute atomic E-state index is 0.00602. The predicted octanol–water partition coefficient (Wildman–Crippen LogP) is 2.96. The summed E-state index contributed by atoms with van der Waals surface area (Å²) in [5, 5.41) is 3.94. The molecule has 0 radical (unpaired) electrons. The average Bonchev–Trinajstić information content (AvgIpc) is 2.82. The van der Waals surface area contributed by atoms with Crippen LogP contribution in [0.15, 0.2) is 0 Å². The van der Waals surface area contributed by atoms with Crippen LogP contribution in [0.5, 0.6) is 0 Å². The monoisotopic (exact) mass is 299 g/mol. The molecule has 1 aliphatic carbocycles. The van der Waals surface area contributed by atoms with Crippen molar-refractivity contribution in [3.8, 4) is 0 Å². The maximum Gasteiger partial charge on any atom is 0.310 e. The van der Waals surface area contributed by atoms with Crippen molar-refractivity contribution in [2.45, 2.75) is 62.9 Å². The summed E-state index contributed by atoms with van der Waals surface area (Å²) in [4.78, 5) is 12.3. The molecule has 20 heavy (non-hydrogen) atoms. The molecular weight excluding hydrogens is 274 g/mol. The van der Waals surface area contributed by atoms with Crippen LogP contribution in [0, 0.1) is 23.7 Å². The van der Waals surface area contributed by atoms with E-state index in [2.05, 4.69) is 12.2 Å². The van der Waals surface area contributed by atoms with Gasteiger partial charge in [0.1, 0.15) is 0 Å². The highest BCUT2D eigenvalue weighted by molar-refractivity contribution is 6.20. The Bertz CT molecular complexity index is 375. The fourth-order valence-electron chi connectivity index (χ4n) is 4.84. The van der Waals surface area contributed by atoms with E-state index in [1.807, 2.05) is 0 Å². The molecule has 4 heteroatoms. The molecule has 1 saturated carbocycles. The van der Waals surface area contributed by atoms with Gasteiger partial charge in [-0.3, -0.25) is 4.79 Å². The number of methoxy groups -OCH3 is 1. The van der Waals surface area contributed by atoms with Crippen molar-refractivity contribution in [3.63, 3.8) is 0 Å². The number of ether oxygens (including phenoxy) is 1. The third-order valence-corrected chi connectivity index (χ3v) is 6.56. The zero-order valence-corrected chi connectivity index (χ0v) is 13.2.